The first-order valence-corrected chi connectivity index (χ1v) is 12.0. The minimum absolute atomic E-state index is 0.0780. The number of fused-ring (bicyclic) bond motifs is 1. The SMILES string of the molecule is Cc1ncc(NC(=O)CCN2CCC[C@H]2C)cc1NC(=O)c1nnn2cc(-c3cnn(C)c3)ccc12. The maximum Gasteiger partial charge on any atom is 0.278 e. The quantitative estimate of drug-likeness (QED) is 0.411. The number of aryl methyl sites for hydroxylation is 2. The number of amides is 2. The zero-order chi connectivity index (χ0) is 25.2. The molecule has 5 rings (SSSR count). The summed E-state index contributed by atoms with van der Waals surface area (Å²) in [7, 11) is 1.85. The van der Waals surface area contributed by atoms with E-state index in [1.807, 2.05) is 25.5 Å². The molecule has 4 aromatic rings. The van der Waals surface area contributed by atoms with Crippen LogP contribution in [-0.4, -0.2) is 65.4 Å². The topological polar surface area (TPSA) is 122 Å². The number of hydrogen-bond donors (Lipinski definition) is 2. The Morgan fingerprint density at radius 1 is 1.14 bits per heavy atom. The van der Waals surface area contributed by atoms with Crippen molar-refractivity contribution in [3.05, 3.63) is 54.4 Å². The average molecular weight is 488 g/mol. The summed E-state index contributed by atoms with van der Waals surface area (Å²) in [6.07, 6.45) is 9.84. The molecule has 2 amide bonds. The van der Waals surface area contributed by atoms with Crippen molar-refractivity contribution in [2.45, 2.75) is 39.2 Å². The summed E-state index contributed by atoms with van der Waals surface area (Å²) in [5, 5.41) is 18.1. The highest BCUT2D eigenvalue weighted by atomic mass is 16.2. The molecule has 11 nitrogen and oxygen atoms in total. The molecule has 186 valence electrons. The highest BCUT2D eigenvalue weighted by Crippen LogP contribution is 2.22. The molecule has 1 aliphatic heterocycles. The summed E-state index contributed by atoms with van der Waals surface area (Å²) in [6.45, 7) is 5.76. The van der Waals surface area contributed by atoms with E-state index in [0.29, 0.717) is 35.0 Å². The van der Waals surface area contributed by atoms with Gasteiger partial charge in [0.15, 0.2) is 5.69 Å². The van der Waals surface area contributed by atoms with E-state index in [1.54, 1.807) is 40.6 Å². The molecule has 1 atom stereocenters. The fourth-order valence-electron chi connectivity index (χ4n) is 4.50. The van der Waals surface area contributed by atoms with Crippen molar-refractivity contribution in [1.82, 2.24) is 34.5 Å². The third kappa shape index (κ3) is 4.96. The number of rotatable bonds is 7. The smallest absolute Gasteiger partial charge is 0.278 e. The first-order chi connectivity index (χ1) is 17.4. The number of carbonyl (C=O) groups excluding carboxylic acids is 2. The van der Waals surface area contributed by atoms with Gasteiger partial charge in [0.25, 0.3) is 5.91 Å². The lowest BCUT2D eigenvalue weighted by molar-refractivity contribution is -0.116. The van der Waals surface area contributed by atoms with Crippen LogP contribution in [0.25, 0.3) is 16.6 Å². The number of anilines is 2. The molecule has 0 aromatic carbocycles. The molecule has 11 heteroatoms. The van der Waals surface area contributed by atoms with Gasteiger partial charge in [0, 0.05) is 49.6 Å². The molecule has 1 fully saturated rings. The Bertz CT molecular complexity index is 1420. The molecule has 4 aromatic heterocycles. The third-order valence-corrected chi connectivity index (χ3v) is 6.60. The number of likely N-dealkylation sites (tertiary alicyclic amines) is 1. The maximum absolute atomic E-state index is 13.1. The Morgan fingerprint density at radius 3 is 2.75 bits per heavy atom. The Balaban J connectivity index is 1.27. The predicted molar refractivity (Wildman–Crippen MR) is 136 cm³/mol. The highest BCUT2D eigenvalue weighted by Gasteiger charge is 2.21. The van der Waals surface area contributed by atoms with Gasteiger partial charge in [-0.3, -0.25) is 19.3 Å². The van der Waals surface area contributed by atoms with Crippen LogP contribution in [0.3, 0.4) is 0 Å². The van der Waals surface area contributed by atoms with Crippen molar-refractivity contribution in [2.24, 2.45) is 7.05 Å². The molecule has 5 heterocycles. The minimum atomic E-state index is -0.407. The largest absolute Gasteiger partial charge is 0.325 e. The van der Waals surface area contributed by atoms with Crippen LogP contribution in [0.15, 0.2) is 43.0 Å². The number of nitrogens with zero attached hydrogens (tertiary/aromatic N) is 7. The van der Waals surface area contributed by atoms with Crippen LogP contribution >= 0.6 is 0 Å². The van der Waals surface area contributed by atoms with E-state index < -0.39 is 5.91 Å². The second kappa shape index (κ2) is 9.86. The van der Waals surface area contributed by atoms with Crippen molar-refractivity contribution in [1.29, 1.82) is 0 Å². The summed E-state index contributed by atoms with van der Waals surface area (Å²) < 4.78 is 3.29. The van der Waals surface area contributed by atoms with Gasteiger partial charge in [-0.15, -0.1) is 5.10 Å². The molecule has 1 aliphatic rings. The zero-order valence-electron chi connectivity index (χ0n) is 20.6. The van der Waals surface area contributed by atoms with Crippen molar-refractivity contribution in [2.75, 3.05) is 23.7 Å². The van der Waals surface area contributed by atoms with Gasteiger partial charge in [-0.2, -0.15) is 5.10 Å². The molecule has 0 bridgehead atoms. The van der Waals surface area contributed by atoms with Crippen LogP contribution in [0.4, 0.5) is 11.4 Å². The zero-order valence-corrected chi connectivity index (χ0v) is 20.6. The molecular formula is C25H29N9O2. The van der Waals surface area contributed by atoms with E-state index in [-0.39, 0.29) is 11.6 Å². The number of aromatic nitrogens is 6. The standard InChI is InChI=1S/C25H29N9O2/c1-16-5-4-9-33(16)10-8-23(35)28-20-11-21(17(2)26-13-20)29-25(36)24-22-7-6-18(15-34(22)31-30-24)19-12-27-32(3)14-19/h6-7,11-16H,4-5,8-10H2,1-3H3,(H,28,35)(H,29,36)/t16-/m1/s1. The van der Waals surface area contributed by atoms with Crippen LogP contribution in [0.2, 0.25) is 0 Å². The average Bonchev–Trinajstić information content (AvgIpc) is 3.59. The molecule has 0 aliphatic carbocycles. The fraction of sp³-hybridized carbons (Fsp3) is 0.360. The monoisotopic (exact) mass is 487 g/mol. The minimum Gasteiger partial charge on any atom is -0.325 e. The van der Waals surface area contributed by atoms with E-state index in [4.69, 9.17) is 0 Å². The Kier molecular flexibility index (Phi) is 6.47. The molecule has 0 saturated carbocycles. The Hall–Kier alpha value is -4.12. The summed E-state index contributed by atoms with van der Waals surface area (Å²) in [5.74, 6) is -0.485. The summed E-state index contributed by atoms with van der Waals surface area (Å²) in [6, 6.07) is 5.94. The van der Waals surface area contributed by atoms with Gasteiger partial charge >= 0.3 is 0 Å². The molecule has 0 spiro atoms. The van der Waals surface area contributed by atoms with Crippen LogP contribution in [-0.2, 0) is 11.8 Å². The second-order valence-electron chi connectivity index (χ2n) is 9.22. The molecule has 36 heavy (non-hydrogen) atoms. The van der Waals surface area contributed by atoms with Gasteiger partial charge in [0.2, 0.25) is 5.91 Å². The lowest BCUT2D eigenvalue weighted by Gasteiger charge is -2.20. The first-order valence-electron chi connectivity index (χ1n) is 12.0. The van der Waals surface area contributed by atoms with E-state index in [1.165, 1.54) is 12.8 Å². The van der Waals surface area contributed by atoms with Gasteiger partial charge in [-0.1, -0.05) is 11.3 Å². The number of hydrogen-bond acceptors (Lipinski definition) is 7. The van der Waals surface area contributed by atoms with Crippen LogP contribution < -0.4 is 10.6 Å². The summed E-state index contributed by atoms with van der Waals surface area (Å²) in [4.78, 5) is 32.2. The van der Waals surface area contributed by atoms with E-state index in [2.05, 4.69) is 42.9 Å². The molecule has 0 unspecified atom stereocenters. The first kappa shape index (κ1) is 23.6. The van der Waals surface area contributed by atoms with E-state index >= 15 is 0 Å². The van der Waals surface area contributed by atoms with Crippen molar-refractivity contribution in [3.63, 3.8) is 0 Å². The van der Waals surface area contributed by atoms with E-state index in [0.717, 1.165) is 24.2 Å². The number of pyridine rings is 2. The molecule has 0 radical (unpaired) electrons. The van der Waals surface area contributed by atoms with Crippen molar-refractivity contribution in [3.8, 4) is 11.1 Å². The molecule has 1 saturated heterocycles. The van der Waals surface area contributed by atoms with Gasteiger partial charge in [0.05, 0.1) is 35.0 Å². The third-order valence-electron chi connectivity index (χ3n) is 6.60. The summed E-state index contributed by atoms with van der Waals surface area (Å²) in [5.41, 5.74) is 4.28. The molecular weight excluding hydrogens is 458 g/mol. The number of carbonyl (C=O) groups is 2. The van der Waals surface area contributed by atoms with E-state index in [9.17, 15) is 9.59 Å². The fourth-order valence-corrected chi connectivity index (χ4v) is 4.50. The normalized spacial score (nSPS) is 15.9. The van der Waals surface area contributed by atoms with Crippen LogP contribution in [0.1, 0.15) is 42.4 Å². The summed E-state index contributed by atoms with van der Waals surface area (Å²) >= 11 is 0. The van der Waals surface area contributed by atoms with Gasteiger partial charge < -0.3 is 15.5 Å². The van der Waals surface area contributed by atoms with Gasteiger partial charge in [-0.05, 0) is 45.4 Å². The lowest BCUT2D eigenvalue weighted by atomic mass is 10.1. The predicted octanol–water partition coefficient (Wildman–Crippen LogP) is 2.90. The Morgan fingerprint density at radius 2 is 2.00 bits per heavy atom. The van der Waals surface area contributed by atoms with Crippen LogP contribution in [0, 0.1) is 6.92 Å². The number of nitrogens with one attached hydrogen (secondary N) is 2. The van der Waals surface area contributed by atoms with Crippen molar-refractivity contribution >= 4 is 28.7 Å². The maximum atomic E-state index is 13.1. The van der Waals surface area contributed by atoms with Gasteiger partial charge in [-0.25, -0.2) is 4.52 Å². The second-order valence-corrected chi connectivity index (χ2v) is 9.22. The lowest BCUT2D eigenvalue weighted by Crippen LogP contribution is -2.30. The highest BCUT2D eigenvalue weighted by molar-refractivity contribution is 6.07. The van der Waals surface area contributed by atoms with Crippen molar-refractivity contribution < 1.29 is 9.59 Å². The van der Waals surface area contributed by atoms with Gasteiger partial charge in [0.1, 0.15) is 0 Å². The molecule has 2 N–H and O–H groups in total. The van der Waals surface area contributed by atoms with Crippen LogP contribution in [0.5, 0.6) is 0 Å². The Labute approximate surface area is 208 Å².